The Morgan fingerprint density at radius 3 is 2.40 bits per heavy atom. The van der Waals surface area contributed by atoms with Crippen molar-refractivity contribution in [1.82, 2.24) is 19.7 Å². The molecule has 12 heteroatoms. The lowest BCUT2D eigenvalue weighted by Gasteiger charge is -2.37. The van der Waals surface area contributed by atoms with Crippen LogP contribution >= 0.6 is 0 Å². The number of H-pyrrole nitrogens is 1. The summed E-state index contributed by atoms with van der Waals surface area (Å²) in [5.41, 5.74) is 9.91. The Morgan fingerprint density at radius 1 is 0.920 bits per heavy atom. The molecule has 0 bridgehead atoms. The van der Waals surface area contributed by atoms with Crippen LogP contribution in [-0.4, -0.2) is 66.0 Å². The van der Waals surface area contributed by atoms with E-state index in [0.717, 1.165) is 17.8 Å². The monoisotopic (exact) mass is 685 g/mol. The van der Waals surface area contributed by atoms with Crippen molar-refractivity contribution in [1.29, 1.82) is 0 Å². The smallest absolute Gasteiger partial charge is 0.182 e. The van der Waals surface area contributed by atoms with Crippen molar-refractivity contribution >= 4 is 33.5 Å². The fraction of sp³-hybridized carbons (Fsp3) is 0.289. The minimum Gasteiger partial charge on any atom is -0.495 e. The van der Waals surface area contributed by atoms with Gasteiger partial charge in [0.25, 0.3) is 0 Å². The second-order valence-corrected chi connectivity index (χ2v) is 12.8. The van der Waals surface area contributed by atoms with Gasteiger partial charge in [0.15, 0.2) is 17.5 Å². The van der Waals surface area contributed by atoms with Gasteiger partial charge in [-0.1, -0.05) is 12.7 Å². The van der Waals surface area contributed by atoms with Gasteiger partial charge in [-0.15, -0.1) is 0 Å². The van der Waals surface area contributed by atoms with Crippen LogP contribution in [-0.2, 0) is 6.54 Å². The molecular formula is C38H39F4N7O. The van der Waals surface area contributed by atoms with Gasteiger partial charge in [0.05, 0.1) is 29.7 Å². The number of nitrogens with two attached hydrogens (primary N) is 1. The zero-order valence-corrected chi connectivity index (χ0v) is 28.1. The van der Waals surface area contributed by atoms with Crippen LogP contribution in [0, 0.1) is 30.2 Å². The molecule has 0 unspecified atom stereocenters. The molecule has 1 fully saturated rings. The summed E-state index contributed by atoms with van der Waals surface area (Å²) in [6.45, 7) is 9.37. The van der Waals surface area contributed by atoms with Gasteiger partial charge in [-0.25, -0.2) is 17.6 Å². The van der Waals surface area contributed by atoms with Gasteiger partial charge in [0.1, 0.15) is 11.6 Å². The first kappa shape index (κ1) is 33.1. The maximum absolute atomic E-state index is 16.2. The van der Waals surface area contributed by atoms with E-state index in [2.05, 4.69) is 21.6 Å². The van der Waals surface area contributed by atoms with Crippen LogP contribution in [0.5, 0.6) is 5.75 Å². The van der Waals surface area contributed by atoms with Crippen LogP contribution in [0.4, 0.5) is 34.6 Å². The molecule has 0 aliphatic carbocycles. The number of benzene rings is 3. The topological polar surface area (TPSA) is 78.6 Å². The molecule has 0 radical (unpaired) electrons. The first-order valence-electron chi connectivity index (χ1n) is 16.7. The molecule has 0 atom stereocenters. The van der Waals surface area contributed by atoms with E-state index in [1.807, 2.05) is 27.9 Å². The van der Waals surface area contributed by atoms with Gasteiger partial charge in [-0.05, 0) is 54.8 Å². The molecule has 2 aliphatic heterocycles. The van der Waals surface area contributed by atoms with Crippen LogP contribution in [0.1, 0.15) is 24.1 Å². The summed E-state index contributed by atoms with van der Waals surface area (Å²) in [7, 11) is 1.46. The lowest BCUT2D eigenvalue weighted by molar-refractivity contribution is 0.360. The van der Waals surface area contributed by atoms with E-state index in [-0.39, 0.29) is 22.5 Å². The highest BCUT2D eigenvalue weighted by molar-refractivity contribution is 5.99. The van der Waals surface area contributed by atoms with Crippen molar-refractivity contribution in [2.24, 2.45) is 0 Å². The molecule has 5 aromatic rings. The molecule has 8 nitrogen and oxygen atoms in total. The third-order valence-electron chi connectivity index (χ3n) is 9.73. The second kappa shape index (κ2) is 13.5. The maximum Gasteiger partial charge on any atom is 0.182 e. The number of nitrogen functional groups attached to an aromatic ring is 1. The fourth-order valence-corrected chi connectivity index (χ4v) is 7.05. The predicted octanol–water partition coefficient (Wildman–Crippen LogP) is 7.51. The van der Waals surface area contributed by atoms with Crippen LogP contribution < -0.4 is 20.3 Å². The van der Waals surface area contributed by atoms with E-state index in [1.54, 1.807) is 48.4 Å². The predicted molar refractivity (Wildman–Crippen MR) is 190 cm³/mol. The van der Waals surface area contributed by atoms with E-state index in [0.29, 0.717) is 85.8 Å². The summed E-state index contributed by atoms with van der Waals surface area (Å²) in [6.07, 6.45) is 7.02. The van der Waals surface area contributed by atoms with Gasteiger partial charge in [0.2, 0.25) is 0 Å². The number of piperazine rings is 1. The number of allylic oxidation sites excluding steroid dienone is 1. The highest BCUT2D eigenvalue weighted by atomic mass is 19.2. The number of hydrogen-bond acceptors (Lipinski definition) is 6. The normalized spacial score (nSPS) is 15.2. The van der Waals surface area contributed by atoms with E-state index in [9.17, 15) is 4.39 Å². The molecule has 0 amide bonds. The van der Waals surface area contributed by atoms with E-state index in [4.69, 9.17) is 10.5 Å². The molecule has 0 saturated carbocycles. The quantitative estimate of drug-likeness (QED) is 0.124. The number of aryl methyl sites for hydroxylation is 2. The Morgan fingerprint density at radius 2 is 1.68 bits per heavy atom. The minimum absolute atomic E-state index is 0.0445. The number of fused-ring (bicyclic) bond motifs is 1. The molecule has 0 spiro atoms. The molecule has 50 heavy (non-hydrogen) atoms. The van der Waals surface area contributed by atoms with Crippen molar-refractivity contribution in [2.45, 2.75) is 26.3 Å². The first-order chi connectivity index (χ1) is 24.1. The zero-order valence-electron chi connectivity index (χ0n) is 28.1. The SMILES string of the molecule is C=C(CCn1cccn1)N1CCC=C(c2cc(-c3ccc(N4CCN(c5cc(OC)c(N)cc5F)CC4)c(F)c3F)c3cc(C)[nH]c3c2F)C1. The standard InChI is InChI=1S/C38H39F4N7O/c1-23-18-29-28(19-27(36(41)38(29)45-23)25-6-4-11-48(22-25)24(2)9-13-49-12-5-10-44-49)26-7-8-32(37(42)35(26)40)46-14-16-47(17-15-46)33-21-34(50-3)31(43)20-30(33)39/h5-8,10,12,18-21,45H,2,4,9,11,13-17,22,43H2,1,3H3. The molecule has 4 heterocycles. The Bertz CT molecular complexity index is 2100. The van der Waals surface area contributed by atoms with Crippen LogP contribution in [0.2, 0.25) is 0 Å². The molecule has 7 rings (SSSR count). The largest absolute Gasteiger partial charge is 0.495 e. The molecule has 260 valence electrons. The summed E-state index contributed by atoms with van der Waals surface area (Å²) in [5.74, 6) is -2.54. The maximum atomic E-state index is 16.2. The number of rotatable bonds is 9. The van der Waals surface area contributed by atoms with E-state index < -0.39 is 23.3 Å². The van der Waals surface area contributed by atoms with Crippen LogP contribution in [0.3, 0.4) is 0 Å². The molecule has 3 aromatic carbocycles. The number of nitrogens with one attached hydrogen (secondary N) is 1. The summed E-state index contributed by atoms with van der Waals surface area (Å²) < 4.78 is 70.2. The number of aromatic amines is 1. The summed E-state index contributed by atoms with van der Waals surface area (Å²) in [4.78, 5) is 8.81. The van der Waals surface area contributed by atoms with E-state index >= 15 is 13.2 Å². The van der Waals surface area contributed by atoms with Crippen molar-refractivity contribution in [3.8, 4) is 16.9 Å². The number of halogens is 4. The average Bonchev–Trinajstić information content (AvgIpc) is 3.79. The number of nitrogens with zero attached hydrogens (tertiary/aromatic N) is 5. The summed E-state index contributed by atoms with van der Waals surface area (Å²) >= 11 is 0. The lowest BCUT2D eigenvalue weighted by atomic mass is 9.92. The third kappa shape index (κ3) is 6.14. The molecular weight excluding hydrogens is 646 g/mol. The number of hydrogen-bond donors (Lipinski definition) is 2. The first-order valence-corrected chi connectivity index (χ1v) is 16.7. The van der Waals surface area contributed by atoms with Gasteiger partial charge >= 0.3 is 0 Å². The molecule has 2 aliphatic rings. The summed E-state index contributed by atoms with van der Waals surface area (Å²) in [5, 5.41) is 4.73. The fourth-order valence-electron chi connectivity index (χ4n) is 7.05. The van der Waals surface area contributed by atoms with E-state index in [1.165, 1.54) is 13.2 Å². The molecule has 1 saturated heterocycles. The van der Waals surface area contributed by atoms with Gasteiger partial charge < -0.3 is 30.2 Å². The Kier molecular flexibility index (Phi) is 8.94. The molecule has 2 aromatic heterocycles. The molecule has 3 N–H and O–H groups in total. The van der Waals surface area contributed by atoms with Gasteiger partial charge in [0, 0.05) is 105 Å². The van der Waals surface area contributed by atoms with Gasteiger partial charge in [-0.3, -0.25) is 4.68 Å². The third-order valence-corrected chi connectivity index (χ3v) is 9.73. The Balaban J connectivity index is 1.15. The van der Waals surface area contributed by atoms with Crippen LogP contribution in [0.25, 0.3) is 27.6 Å². The van der Waals surface area contributed by atoms with Crippen molar-refractivity contribution in [3.63, 3.8) is 0 Å². The van der Waals surface area contributed by atoms with Gasteiger partial charge in [-0.2, -0.15) is 5.10 Å². The zero-order chi connectivity index (χ0) is 35.1. The number of aromatic nitrogens is 3. The second-order valence-electron chi connectivity index (χ2n) is 12.8. The number of anilines is 3. The highest BCUT2D eigenvalue weighted by Crippen LogP contribution is 2.40. The van der Waals surface area contributed by atoms with Crippen molar-refractivity contribution in [2.75, 3.05) is 61.9 Å². The lowest BCUT2D eigenvalue weighted by Crippen LogP contribution is -2.47. The van der Waals surface area contributed by atoms with Crippen LogP contribution in [0.15, 0.2) is 73.2 Å². The Hall–Kier alpha value is -5.39. The van der Waals surface area contributed by atoms with Crippen molar-refractivity contribution < 1.29 is 22.3 Å². The highest BCUT2D eigenvalue weighted by Gasteiger charge is 2.27. The average molecular weight is 686 g/mol. The summed E-state index contributed by atoms with van der Waals surface area (Å²) in [6, 6.07) is 11.2. The van der Waals surface area contributed by atoms with Crippen molar-refractivity contribution in [3.05, 3.63) is 108 Å². The number of ether oxygens (including phenoxy) is 1. The Labute approximate surface area is 288 Å². The number of methoxy groups -OCH3 is 1. The minimum atomic E-state index is -1.01.